The first-order valence-electron chi connectivity index (χ1n) is 4.54. The highest BCUT2D eigenvalue weighted by Gasteiger charge is 2.00. The van der Waals surface area contributed by atoms with Gasteiger partial charge in [-0.25, -0.2) is 4.79 Å². The maximum Gasteiger partial charge on any atom is 0.335 e. The molecule has 80 valence electrons. The minimum atomic E-state index is -0.943. The highest BCUT2D eigenvalue weighted by molar-refractivity contribution is 7.13. The largest absolute Gasteiger partial charge is 0.478 e. The molecule has 0 fully saturated rings. The van der Waals surface area contributed by atoms with Crippen molar-refractivity contribution >= 4 is 28.0 Å². The smallest absolute Gasteiger partial charge is 0.335 e. The topological polar surface area (TPSA) is 62.0 Å². The van der Waals surface area contributed by atoms with Gasteiger partial charge in [0.2, 0.25) is 0 Å². The number of hydrogen-bond donors (Lipinski definition) is 1. The Morgan fingerprint density at radius 1 is 1.12 bits per heavy atom. The first kappa shape index (κ1) is 10.5. The van der Waals surface area contributed by atoms with Crippen molar-refractivity contribution in [1.29, 1.82) is 0 Å². The van der Waals surface area contributed by atoms with Gasteiger partial charge in [-0.1, -0.05) is 0 Å². The molecule has 0 spiro atoms. The fraction of sp³-hybridized carbons (Fsp3) is 0. The zero-order chi connectivity index (χ0) is 11.4. The SMILES string of the molecule is O=C(O)c1ccc(N=Nc2cccs2)cc1. The van der Waals surface area contributed by atoms with Crippen molar-refractivity contribution in [2.75, 3.05) is 0 Å². The van der Waals surface area contributed by atoms with Crippen LogP contribution in [0.1, 0.15) is 10.4 Å². The standard InChI is InChI=1S/C11H8N2O2S/c14-11(15)8-3-5-9(6-4-8)12-13-10-2-1-7-16-10/h1-7H,(H,14,15). The third kappa shape index (κ3) is 2.52. The van der Waals surface area contributed by atoms with E-state index in [9.17, 15) is 4.79 Å². The fourth-order valence-electron chi connectivity index (χ4n) is 1.10. The van der Waals surface area contributed by atoms with Crippen LogP contribution in [-0.2, 0) is 0 Å². The molecular formula is C11H8N2O2S. The number of carboxylic acids is 1. The minimum absolute atomic E-state index is 0.245. The molecule has 2 rings (SSSR count). The molecule has 0 aliphatic heterocycles. The van der Waals surface area contributed by atoms with Crippen molar-refractivity contribution in [2.24, 2.45) is 10.2 Å². The number of carbonyl (C=O) groups is 1. The molecule has 4 nitrogen and oxygen atoms in total. The van der Waals surface area contributed by atoms with Crippen molar-refractivity contribution in [1.82, 2.24) is 0 Å². The molecule has 1 N–H and O–H groups in total. The molecule has 0 atom stereocenters. The first-order chi connectivity index (χ1) is 7.75. The van der Waals surface area contributed by atoms with Crippen molar-refractivity contribution in [2.45, 2.75) is 0 Å². The third-order valence-corrected chi connectivity index (χ3v) is 2.64. The molecule has 1 aromatic heterocycles. The summed E-state index contributed by atoms with van der Waals surface area (Å²) in [4.78, 5) is 10.6. The number of rotatable bonds is 3. The second-order valence-electron chi connectivity index (χ2n) is 3.00. The molecule has 0 saturated heterocycles. The Kier molecular flexibility index (Phi) is 3.07. The maximum absolute atomic E-state index is 10.6. The lowest BCUT2D eigenvalue weighted by atomic mass is 10.2. The Labute approximate surface area is 95.9 Å². The molecule has 16 heavy (non-hydrogen) atoms. The van der Waals surface area contributed by atoms with E-state index in [-0.39, 0.29) is 5.56 Å². The molecule has 0 aliphatic carbocycles. The first-order valence-corrected chi connectivity index (χ1v) is 5.42. The third-order valence-electron chi connectivity index (χ3n) is 1.88. The summed E-state index contributed by atoms with van der Waals surface area (Å²) in [6, 6.07) is 10.0. The molecule has 2 aromatic rings. The molecule has 0 radical (unpaired) electrons. The van der Waals surface area contributed by atoms with E-state index in [1.54, 1.807) is 12.1 Å². The van der Waals surface area contributed by atoms with E-state index in [0.717, 1.165) is 5.00 Å². The number of nitrogens with zero attached hydrogens (tertiary/aromatic N) is 2. The summed E-state index contributed by atoms with van der Waals surface area (Å²) < 4.78 is 0. The number of azo groups is 1. The van der Waals surface area contributed by atoms with E-state index < -0.39 is 5.97 Å². The molecule has 0 amide bonds. The lowest BCUT2D eigenvalue weighted by Gasteiger charge is -1.94. The Morgan fingerprint density at radius 3 is 2.44 bits per heavy atom. The van der Waals surface area contributed by atoms with Crippen LogP contribution >= 0.6 is 11.3 Å². The molecule has 1 heterocycles. The summed E-state index contributed by atoms with van der Waals surface area (Å²) in [6.07, 6.45) is 0. The van der Waals surface area contributed by atoms with Gasteiger partial charge in [0.05, 0.1) is 11.3 Å². The van der Waals surface area contributed by atoms with Gasteiger partial charge in [-0.2, -0.15) is 0 Å². The molecule has 0 saturated carbocycles. The predicted octanol–water partition coefficient (Wildman–Crippen LogP) is 3.86. The molecule has 5 heteroatoms. The molecular weight excluding hydrogens is 224 g/mol. The summed E-state index contributed by atoms with van der Waals surface area (Å²) in [5.74, 6) is -0.943. The highest BCUT2D eigenvalue weighted by Crippen LogP contribution is 2.22. The molecule has 0 bridgehead atoms. The maximum atomic E-state index is 10.6. The number of carboxylic acid groups (broad SMARTS) is 1. The fourth-order valence-corrected chi connectivity index (χ4v) is 1.65. The average Bonchev–Trinajstić information content (AvgIpc) is 2.80. The van der Waals surface area contributed by atoms with E-state index in [0.29, 0.717) is 5.69 Å². The van der Waals surface area contributed by atoms with Crippen LogP contribution in [0.2, 0.25) is 0 Å². The van der Waals surface area contributed by atoms with E-state index in [1.165, 1.54) is 23.5 Å². The van der Waals surface area contributed by atoms with Gasteiger partial charge in [-0.05, 0) is 41.8 Å². The summed E-state index contributed by atoms with van der Waals surface area (Å²) in [7, 11) is 0. The lowest BCUT2D eigenvalue weighted by molar-refractivity contribution is 0.0697. The minimum Gasteiger partial charge on any atom is -0.478 e. The van der Waals surface area contributed by atoms with Crippen LogP contribution in [0.25, 0.3) is 0 Å². The van der Waals surface area contributed by atoms with Crippen LogP contribution < -0.4 is 0 Å². The Morgan fingerprint density at radius 2 is 1.88 bits per heavy atom. The van der Waals surface area contributed by atoms with E-state index >= 15 is 0 Å². The van der Waals surface area contributed by atoms with Crippen LogP contribution in [-0.4, -0.2) is 11.1 Å². The second kappa shape index (κ2) is 4.67. The van der Waals surface area contributed by atoms with Gasteiger partial charge in [-0.15, -0.1) is 21.6 Å². The zero-order valence-electron chi connectivity index (χ0n) is 8.20. The number of thiophene rings is 1. The van der Waals surface area contributed by atoms with Crippen LogP contribution in [0, 0.1) is 0 Å². The Balaban J connectivity index is 2.14. The van der Waals surface area contributed by atoms with Crippen LogP contribution in [0.5, 0.6) is 0 Å². The summed E-state index contributed by atoms with van der Waals surface area (Å²) in [5.41, 5.74) is 0.883. The average molecular weight is 232 g/mol. The molecule has 0 unspecified atom stereocenters. The van der Waals surface area contributed by atoms with Gasteiger partial charge < -0.3 is 5.11 Å². The summed E-state index contributed by atoms with van der Waals surface area (Å²) in [6.45, 7) is 0. The van der Waals surface area contributed by atoms with Gasteiger partial charge in [0, 0.05) is 0 Å². The van der Waals surface area contributed by atoms with E-state index in [1.807, 2.05) is 17.5 Å². The van der Waals surface area contributed by atoms with Crippen molar-refractivity contribution in [3.63, 3.8) is 0 Å². The van der Waals surface area contributed by atoms with Crippen molar-refractivity contribution < 1.29 is 9.90 Å². The van der Waals surface area contributed by atoms with E-state index in [2.05, 4.69) is 10.2 Å². The van der Waals surface area contributed by atoms with Gasteiger partial charge in [0.25, 0.3) is 0 Å². The Hall–Kier alpha value is -2.01. The van der Waals surface area contributed by atoms with Crippen LogP contribution in [0.4, 0.5) is 10.7 Å². The predicted molar refractivity (Wildman–Crippen MR) is 61.9 cm³/mol. The van der Waals surface area contributed by atoms with Crippen molar-refractivity contribution in [3.8, 4) is 0 Å². The summed E-state index contributed by atoms with van der Waals surface area (Å²) >= 11 is 1.50. The van der Waals surface area contributed by atoms with Gasteiger partial charge >= 0.3 is 5.97 Å². The lowest BCUT2D eigenvalue weighted by Crippen LogP contribution is -1.93. The van der Waals surface area contributed by atoms with E-state index in [4.69, 9.17) is 5.11 Å². The molecule has 0 aliphatic rings. The monoisotopic (exact) mass is 232 g/mol. The van der Waals surface area contributed by atoms with Crippen LogP contribution in [0.3, 0.4) is 0 Å². The Bertz CT molecular complexity index is 503. The number of aromatic carboxylic acids is 1. The van der Waals surface area contributed by atoms with Crippen molar-refractivity contribution in [3.05, 3.63) is 47.3 Å². The van der Waals surface area contributed by atoms with Gasteiger partial charge in [0.1, 0.15) is 5.00 Å². The zero-order valence-corrected chi connectivity index (χ0v) is 9.02. The molecule has 1 aromatic carbocycles. The second-order valence-corrected chi connectivity index (χ2v) is 3.93. The number of benzene rings is 1. The van der Waals surface area contributed by atoms with Crippen LogP contribution in [0.15, 0.2) is 52.0 Å². The normalized spacial score (nSPS) is 10.8. The van der Waals surface area contributed by atoms with Gasteiger partial charge in [0.15, 0.2) is 0 Å². The summed E-state index contributed by atoms with van der Waals surface area (Å²) in [5, 5.41) is 19.4. The van der Waals surface area contributed by atoms with Gasteiger partial charge in [-0.3, -0.25) is 0 Å². The number of hydrogen-bond acceptors (Lipinski definition) is 4. The quantitative estimate of drug-likeness (QED) is 0.816. The highest BCUT2D eigenvalue weighted by atomic mass is 32.1.